The molecule has 0 aliphatic carbocycles. The van der Waals surface area contributed by atoms with Crippen molar-refractivity contribution in [1.29, 1.82) is 0 Å². The van der Waals surface area contributed by atoms with Gasteiger partial charge in [0.25, 0.3) is 0 Å². The zero-order chi connectivity index (χ0) is 18.1. The van der Waals surface area contributed by atoms with E-state index >= 15 is 0 Å². The molecule has 4 heteroatoms. The van der Waals surface area contributed by atoms with E-state index in [1.54, 1.807) is 0 Å². The van der Waals surface area contributed by atoms with E-state index in [2.05, 4.69) is 47.3 Å². The van der Waals surface area contributed by atoms with E-state index in [1.165, 1.54) is 22.2 Å². The number of ether oxygens (including phenoxy) is 1. The normalized spacial score (nSPS) is 21.9. The van der Waals surface area contributed by atoms with Gasteiger partial charge < -0.3 is 14.6 Å². The van der Waals surface area contributed by atoms with Gasteiger partial charge in [-0.2, -0.15) is 0 Å². The SMILES string of the molecule is CCCC[C@@H]1C[C@H]2c3[nH]c4ccccc4c3CCN2C=C1C(=O)OCC. The minimum atomic E-state index is -0.130. The molecule has 0 saturated carbocycles. The number of rotatable bonds is 5. The number of aromatic amines is 1. The lowest BCUT2D eigenvalue weighted by atomic mass is 9.81. The van der Waals surface area contributed by atoms with Gasteiger partial charge in [-0.25, -0.2) is 4.79 Å². The van der Waals surface area contributed by atoms with Crippen molar-refractivity contribution in [3.63, 3.8) is 0 Å². The Morgan fingerprint density at radius 1 is 1.31 bits per heavy atom. The van der Waals surface area contributed by atoms with Crippen LogP contribution in [-0.4, -0.2) is 29.0 Å². The Kier molecular flexibility index (Phi) is 4.75. The average Bonchev–Trinajstić information content (AvgIpc) is 3.05. The van der Waals surface area contributed by atoms with Crippen LogP contribution >= 0.6 is 0 Å². The molecule has 1 aromatic heterocycles. The van der Waals surface area contributed by atoms with Crippen molar-refractivity contribution in [2.45, 2.75) is 52.0 Å². The average molecular weight is 352 g/mol. The molecule has 0 radical (unpaired) electrons. The maximum atomic E-state index is 12.5. The van der Waals surface area contributed by atoms with E-state index in [4.69, 9.17) is 4.74 Å². The monoisotopic (exact) mass is 352 g/mol. The molecule has 3 heterocycles. The molecule has 2 aliphatic heterocycles. The summed E-state index contributed by atoms with van der Waals surface area (Å²) in [5.74, 6) is 0.155. The van der Waals surface area contributed by atoms with Crippen LogP contribution in [0.2, 0.25) is 0 Å². The number of fused-ring (bicyclic) bond motifs is 5. The molecule has 0 fully saturated rings. The Morgan fingerprint density at radius 2 is 2.15 bits per heavy atom. The second-order valence-electron chi connectivity index (χ2n) is 7.45. The Balaban J connectivity index is 1.70. The third kappa shape index (κ3) is 2.91. The third-order valence-electron chi connectivity index (χ3n) is 5.87. The van der Waals surface area contributed by atoms with Crippen molar-refractivity contribution >= 4 is 16.9 Å². The molecular formula is C22H28N2O2. The van der Waals surface area contributed by atoms with Gasteiger partial charge in [-0.3, -0.25) is 0 Å². The number of benzene rings is 1. The molecule has 2 aliphatic rings. The summed E-state index contributed by atoms with van der Waals surface area (Å²) in [6.45, 7) is 5.48. The number of para-hydroxylation sites is 1. The minimum absolute atomic E-state index is 0.130. The maximum Gasteiger partial charge on any atom is 0.335 e. The maximum absolute atomic E-state index is 12.5. The first-order chi connectivity index (χ1) is 12.7. The van der Waals surface area contributed by atoms with Gasteiger partial charge in [0.2, 0.25) is 0 Å². The summed E-state index contributed by atoms with van der Waals surface area (Å²) in [5, 5.41) is 1.35. The van der Waals surface area contributed by atoms with E-state index < -0.39 is 0 Å². The van der Waals surface area contributed by atoms with Crippen molar-refractivity contribution < 1.29 is 9.53 Å². The van der Waals surface area contributed by atoms with Crippen LogP contribution in [0.5, 0.6) is 0 Å². The van der Waals surface area contributed by atoms with Crippen molar-refractivity contribution in [2.75, 3.05) is 13.2 Å². The largest absolute Gasteiger partial charge is 0.463 e. The molecule has 1 N–H and O–H groups in total. The highest BCUT2D eigenvalue weighted by molar-refractivity contribution is 5.89. The van der Waals surface area contributed by atoms with Gasteiger partial charge in [0.1, 0.15) is 0 Å². The number of unbranched alkanes of at least 4 members (excludes halogenated alkanes) is 1. The lowest BCUT2D eigenvalue weighted by Gasteiger charge is -2.41. The van der Waals surface area contributed by atoms with Gasteiger partial charge in [-0.05, 0) is 43.7 Å². The molecule has 0 saturated heterocycles. The molecule has 1 aromatic carbocycles. The van der Waals surface area contributed by atoms with Crippen LogP contribution in [0.1, 0.15) is 56.8 Å². The summed E-state index contributed by atoms with van der Waals surface area (Å²) in [5.41, 5.74) is 4.91. The zero-order valence-electron chi connectivity index (χ0n) is 15.8. The molecule has 0 unspecified atom stereocenters. The Morgan fingerprint density at radius 3 is 2.96 bits per heavy atom. The first-order valence-electron chi connectivity index (χ1n) is 9.97. The van der Waals surface area contributed by atoms with Crippen molar-refractivity contribution in [3.05, 3.63) is 47.3 Å². The molecule has 0 amide bonds. The number of nitrogens with one attached hydrogen (secondary N) is 1. The Hall–Kier alpha value is -2.23. The quantitative estimate of drug-likeness (QED) is 0.792. The second-order valence-corrected chi connectivity index (χ2v) is 7.45. The van der Waals surface area contributed by atoms with Gasteiger partial charge in [-0.15, -0.1) is 0 Å². The molecule has 2 aromatic rings. The standard InChI is InChI=1S/C22H28N2O2/c1-3-5-8-15-13-20-21-17(16-9-6-7-10-19(16)23-21)11-12-24(20)14-18(15)22(25)26-4-2/h6-7,9-10,14-15,20,23H,3-5,8,11-13H2,1-2H3/t15-,20+/m1/s1. The number of hydrogen-bond acceptors (Lipinski definition) is 3. The van der Waals surface area contributed by atoms with E-state index in [1.807, 2.05) is 6.92 Å². The highest BCUT2D eigenvalue weighted by Gasteiger charge is 2.37. The number of carbonyl (C=O) groups is 1. The highest BCUT2D eigenvalue weighted by Crippen LogP contribution is 2.43. The van der Waals surface area contributed by atoms with Crippen LogP contribution in [0.4, 0.5) is 0 Å². The topological polar surface area (TPSA) is 45.3 Å². The minimum Gasteiger partial charge on any atom is -0.463 e. The molecular weight excluding hydrogens is 324 g/mol. The fourth-order valence-corrected chi connectivity index (χ4v) is 4.58. The first kappa shape index (κ1) is 17.2. The lowest BCUT2D eigenvalue weighted by molar-refractivity contribution is -0.139. The molecule has 2 atom stereocenters. The van der Waals surface area contributed by atoms with Gasteiger partial charge in [0, 0.05) is 29.3 Å². The van der Waals surface area contributed by atoms with E-state index in [0.29, 0.717) is 12.6 Å². The Labute approximate surface area is 155 Å². The second kappa shape index (κ2) is 7.18. The fourth-order valence-electron chi connectivity index (χ4n) is 4.58. The fraction of sp³-hybridized carbons (Fsp3) is 0.500. The zero-order valence-corrected chi connectivity index (χ0v) is 15.8. The summed E-state index contributed by atoms with van der Waals surface area (Å²) in [7, 11) is 0. The number of H-pyrrole nitrogens is 1. The first-order valence-corrected chi connectivity index (χ1v) is 9.97. The molecule has 0 spiro atoms. The van der Waals surface area contributed by atoms with Crippen LogP contribution in [0.3, 0.4) is 0 Å². The van der Waals surface area contributed by atoms with Crippen molar-refractivity contribution in [2.24, 2.45) is 5.92 Å². The summed E-state index contributed by atoms with van der Waals surface area (Å²) < 4.78 is 5.35. The predicted octanol–water partition coefficient (Wildman–Crippen LogP) is 4.72. The van der Waals surface area contributed by atoms with Crippen LogP contribution in [-0.2, 0) is 16.0 Å². The van der Waals surface area contributed by atoms with Gasteiger partial charge in [0.15, 0.2) is 0 Å². The summed E-state index contributed by atoms with van der Waals surface area (Å²) in [6.07, 6.45) is 7.46. The van der Waals surface area contributed by atoms with E-state index in [-0.39, 0.29) is 11.9 Å². The van der Waals surface area contributed by atoms with Gasteiger partial charge in [-0.1, -0.05) is 38.0 Å². The van der Waals surface area contributed by atoms with Gasteiger partial charge in [0.05, 0.1) is 18.2 Å². The van der Waals surface area contributed by atoms with Gasteiger partial charge >= 0.3 is 5.97 Å². The number of aromatic nitrogens is 1. The van der Waals surface area contributed by atoms with Crippen molar-refractivity contribution in [1.82, 2.24) is 9.88 Å². The number of carbonyl (C=O) groups excluding carboxylic acids is 1. The van der Waals surface area contributed by atoms with Crippen LogP contribution in [0, 0.1) is 5.92 Å². The summed E-state index contributed by atoms with van der Waals surface area (Å²) in [4.78, 5) is 18.5. The summed E-state index contributed by atoms with van der Waals surface area (Å²) in [6, 6.07) is 8.93. The lowest BCUT2D eigenvalue weighted by Crippen LogP contribution is -2.38. The van der Waals surface area contributed by atoms with Crippen LogP contribution in [0.25, 0.3) is 10.9 Å². The molecule has 4 rings (SSSR count). The van der Waals surface area contributed by atoms with Crippen LogP contribution < -0.4 is 0 Å². The third-order valence-corrected chi connectivity index (χ3v) is 5.87. The molecule has 0 bridgehead atoms. The number of nitrogens with zero attached hydrogens (tertiary/aromatic N) is 1. The number of esters is 1. The highest BCUT2D eigenvalue weighted by atomic mass is 16.5. The molecule has 138 valence electrons. The number of hydrogen-bond donors (Lipinski definition) is 1. The van der Waals surface area contributed by atoms with Crippen LogP contribution in [0.15, 0.2) is 36.0 Å². The molecule has 4 nitrogen and oxygen atoms in total. The van der Waals surface area contributed by atoms with Crippen molar-refractivity contribution in [3.8, 4) is 0 Å². The Bertz CT molecular complexity index is 836. The van der Waals surface area contributed by atoms with E-state index in [9.17, 15) is 4.79 Å². The van der Waals surface area contributed by atoms with E-state index in [0.717, 1.165) is 44.2 Å². The molecule has 26 heavy (non-hydrogen) atoms. The summed E-state index contributed by atoms with van der Waals surface area (Å²) >= 11 is 0. The predicted molar refractivity (Wildman–Crippen MR) is 104 cm³/mol. The smallest absolute Gasteiger partial charge is 0.335 e.